The van der Waals surface area contributed by atoms with Crippen LogP contribution in [0.3, 0.4) is 0 Å². The minimum absolute atomic E-state index is 0.0426. The van der Waals surface area contributed by atoms with Crippen molar-refractivity contribution in [2.75, 3.05) is 11.9 Å². The number of fused-ring (bicyclic) bond motifs is 1. The molecule has 0 spiro atoms. The van der Waals surface area contributed by atoms with E-state index >= 15 is 0 Å². The highest BCUT2D eigenvalue weighted by Gasteiger charge is 2.28. The Hall–Kier alpha value is -3.69. The number of nitrogens with one attached hydrogen (secondary N) is 2. The Kier molecular flexibility index (Phi) is 6.43. The SMILES string of the molecule is NS(=O)(=O)c1ccc(CCNC(=O)c2cccc(NC(=O)C3Cc4ccccc4O3)c2)cc1. The molecule has 1 unspecified atom stereocenters. The summed E-state index contributed by atoms with van der Waals surface area (Å²) in [5.41, 5.74) is 2.77. The van der Waals surface area contributed by atoms with Crippen LogP contribution in [0.4, 0.5) is 5.69 Å². The second-order valence-corrected chi connectivity index (χ2v) is 9.24. The molecule has 4 N–H and O–H groups in total. The van der Waals surface area contributed by atoms with Crippen LogP contribution < -0.4 is 20.5 Å². The lowest BCUT2D eigenvalue weighted by Gasteiger charge is -2.12. The second kappa shape index (κ2) is 9.43. The van der Waals surface area contributed by atoms with Gasteiger partial charge in [0.1, 0.15) is 5.75 Å². The average molecular weight is 466 g/mol. The first-order valence-electron chi connectivity index (χ1n) is 10.3. The number of ether oxygens (including phenoxy) is 1. The Balaban J connectivity index is 1.30. The first-order chi connectivity index (χ1) is 15.8. The first kappa shape index (κ1) is 22.5. The molecule has 1 aliphatic rings. The molecule has 2 amide bonds. The van der Waals surface area contributed by atoms with Gasteiger partial charge in [0.05, 0.1) is 4.90 Å². The van der Waals surface area contributed by atoms with E-state index in [-0.39, 0.29) is 16.7 Å². The zero-order chi connectivity index (χ0) is 23.4. The molecule has 9 heteroatoms. The number of hydrogen-bond donors (Lipinski definition) is 3. The van der Waals surface area contributed by atoms with E-state index in [4.69, 9.17) is 9.88 Å². The molecule has 1 atom stereocenters. The lowest BCUT2D eigenvalue weighted by molar-refractivity contribution is -0.122. The predicted octanol–water partition coefficient (Wildman–Crippen LogP) is 2.25. The number of carbonyl (C=O) groups excluding carboxylic acids is 2. The molecule has 3 aromatic carbocycles. The molecule has 4 rings (SSSR count). The molecule has 0 fully saturated rings. The summed E-state index contributed by atoms with van der Waals surface area (Å²) in [5.74, 6) is 0.161. The number of benzene rings is 3. The van der Waals surface area contributed by atoms with Gasteiger partial charge in [0.25, 0.3) is 11.8 Å². The number of hydrogen-bond acceptors (Lipinski definition) is 5. The Morgan fingerprint density at radius 1 is 1.00 bits per heavy atom. The van der Waals surface area contributed by atoms with E-state index in [1.165, 1.54) is 12.1 Å². The summed E-state index contributed by atoms with van der Waals surface area (Å²) < 4.78 is 28.3. The van der Waals surface area contributed by atoms with Crippen LogP contribution in [-0.2, 0) is 27.7 Å². The fourth-order valence-electron chi connectivity index (χ4n) is 3.56. The third kappa shape index (κ3) is 5.57. The fourth-order valence-corrected chi connectivity index (χ4v) is 4.07. The van der Waals surface area contributed by atoms with Crippen molar-refractivity contribution in [1.82, 2.24) is 5.32 Å². The van der Waals surface area contributed by atoms with Gasteiger partial charge in [-0.05, 0) is 53.9 Å². The maximum atomic E-state index is 12.6. The smallest absolute Gasteiger partial charge is 0.265 e. The van der Waals surface area contributed by atoms with Crippen molar-refractivity contribution in [2.45, 2.75) is 23.8 Å². The summed E-state index contributed by atoms with van der Waals surface area (Å²) in [4.78, 5) is 25.2. The van der Waals surface area contributed by atoms with Gasteiger partial charge in [-0.3, -0.25) is 9.59 Å². The highest BCUT2D eigenvalue weighted by atomic mass is 32.2. The van der Waals surface area contributed by atoms with Crippen LogP contribution in [0.5, 0.6) is 5.75 Å². The van der Waals surface area contributed by atoms with Crippen molar-refractivity contribution in [3.05, 3.63) is 89.5 Å². The van der Waals surface area contributed by atoms with Crippen LogP contribution in [0.2, 0.25) is 0 Å². The van der Waals surface area contributed by atoms with Crippen LogP contribution in [0.1, 0.15) is 21.5 Å². The van der Waals surface area contributed by atoms with Gasteiger partial charge in [0, 0.05) is 24.2 Å². The van der Waals surface area contributed by atoms with Crippen LogP contribution in [0.15, 0.2) is 77.7 Å². The molecule has 8 nitrogen and oxygen atoms in total. The minimum Gasteiger partial charge on any atom is -0.480 e. The molecule has 0 aliphatic carbocycles. The second-order valence-electron chi connectivity index (χ2n) is 7.68. The number of sulfonamides is 1. The molecule has 170 valence electrons. The highest BCUT2D eigenvalue weighted by Crippen LogP contribution is 2.28. The zero-order valence-electron chi connectivity index (χ0n) is 17.7. The van der Waals surface area contributed by atoms with Crippen LogP contribution >= 0.6 is 0 Å². The number of carbonyl (C=O) groups is 2. The normalized spacial score (nSPS) is 14.8. The molecule has 0 saturated heterocycles. The van der Waals surface area contributed by atoms with Crippen molar-refractivity contribution >= 4 is 27.5 Å². The Morgan fingerprint density at radius 2 is 1.76 bits per heavy atom. The third-order valence-corrected chi connectivity index (χ3v) is 6.21. The topological polar surface area (TPSA) is 128 Å². The molecule has 0 saturated carbocycles. The summed E-state index contributed by atoms with van der Waals surface area (Å²) in [6.07, 6.45) is 0.410. The van der Waals surface area contributed by atoms with E-state index in [0.717, 1.165) is 11.1 Å². The van der Waals surface area contributed by atoms with Crippen LogP contribution in [0.25, 0.3) is 0 Å². The highest BCUT2D eigenvalue weighted by molar-refractivity contribution is 7.89. The molecule has 3 aromatic rings. The van der Waals surface area contributed by atoms with E-state index in [1.807, 2.05) is 24.3 Å². The monoisotopic (exact) mass is 465 g/mol. The summed E-state index contributed by atoms with van der Waals surface area (Å²) in [6.45, 7) is 0.359. The predicted molar refractivity (Wildman–Crippen MR) is 123 cm³/mol. The van der Waals surface area contributed by atoms with Crippen molar-refractivity contribution in [1.29, 1.82) is 0 Å². The standard InChI is InChI=1S/C24H23N3O5S/c25-33(30,31)20-10-8-16(9-11-20)12-13-26-23(28)18-5-3-6-19(14-18)27-24(29)22-15-17-4-1-2-7-21(17)32-22/h1-11,14,22H,12-13,15H2,(H,26,28)(H,27,29)(H2,25,30,31). The maximum Gasteiger partial charge on any atom is 0.265 e. The largest absolute Gasteiger partial charge is 0.480 e. The molecule has 0 radical (unpaired) electrons. The number of anilines is 1. The molecule has 1 heterocycles. The first-order valence-corrected chi connectivity index (χ1v) is 11.9. The van der Waals surface area contributed by atoms with E-state index in [9.17, 15) is 18.0 Å². The Bertz CT molecular complexity index is 1260. The van der Waals surface area contributed by atoms with Gasteiger partial charge in [-0.25, -0.2) is 13.6 Å². The fraction of sp³-hybridized carbons (Fsp3) is 0.167. The maximum absolute atomic E-state index is 12.6. The Morgan fingerprint density at radius 3 is 2.48 bits per heavy atom. The van der Waals surface area contributed by atoms with E-state index in [0.29, 0.717) is 36.4 Å². The van der Waals surface area contributed by atoms with Crippen molar-refractivity contribution in [3.63, 3.8) is 0 Å². The molecule has 33 heavy (non-hydrogen) atoms. The van der Waals surface area contributed by atoms with Gasteiger partial charge < -0.3 is 15.4 Å². The molecular weight excluding hydrogens is 442 g/mol. The number of primary sulfonamides is 1. The minimum atomic E-state index is -3.73. The van der Waals surface area contributed by atoms with Crippen LogP contribution in [0, 0.1) is 0 Å². The molecule has 1 aliphatic heterocycles. The van der Waals surface area contributed by atoms with Gasteiger partial charge in [-0.1, -0.05) is 36.4 Å². The lowest BCUT2D eigenvalue weighted by Crippen LogP contribution is -2.31. The lowest BCUT2D eigenvalue weighted by atomic mass is 10.1. The van der Waals surface area contributed by atoms with Gasteiger partial charge in [-0.15, -0.1) is 0 Å². The van der Waals surface area contributed by atoms with E-state index in [2.05, 4.69) is 10.6 Å². The van der Waals surface area contributed by atoms with E-state index < -0.39 is 16.1 Å². The van der Waals surface area contributed by atoms with Crippen LogP contribution in [-0.4, -0.2) is 32.9 Å². The van der Waals surface area contributed by atoms with Crippen molar-refractivity contribution in [2.24, 2.45) is 5.14 Å². The zero-order valence-corrected chi connectivity index (χ0v) is 18.5. The molecule has 0 bridgehead atoms. The van der Waals surface area contributed by atoms with Gasteiger partial charge in [-0.2, -0.15) is 0 Å². The number of rotatable bonds is 7. The van der Waals surface area contributed by atoms with Gasteiger partial charge in [0.15, 0.2) is 6.10 Å². The van der Waals surface area contributed by atoms with Gasteiger partial charge in [0.2, 0.25) is 10.0 Å². The number of para-hydroxylation sites is 1. The van der Waals surface area contributed by atoms with E-state index in [1.54, 1.807) is 36.4 Å². The number of nitrogens with two attached hydrogens (primary N) is 1. The Labute approximate surface area is 191 Å². The molecule has 0 aromatic heterocycles. The summed E-state index contributed by atoms with van der Waals surface area (Å²) in [5, 5.41) is 10.7. The average Bonchev–Trinajstić information content (AvgIpc) is 3.23. The van der Waals surface area contributed by atoms with Crippen molar-refractivity contribution < 1.29 is 22.7 Å². The number of amides is 2. The third-order valence-electron chi connectivity index (χ3n) is 5.28. The summed E-state index contributed by atoms with van der Waals surface area (Å²) >= 11 is 0. The summed E-state index contributed by atoms with van der Waals surface area (Å²) in [6, 6.07) is 20.4. The molecular formula is C24H23N3O5S. The summed E-state index contributed by atoms with van der Waals surface area (Å²) in [7, 11) is -3.73. The van der Waals surface area contributed by atoms with Crippen molar-refractivity contribution in [3.8, 4) is 5.75 Å². The quantitative estimate of drug-likeness (QED) is 0.493. The van der Waals surface area contributed by atoms with Gasteiger partial charge >= 0.3 is 0 Å².